The van der Waals surface area contributed by atoms with Crippen molar-refractivity contribution in [2.75, 3.05) is 0 Å². The molecule has 0 radical (unpaired) electrons. The zero-order valence-corrected chi connectivity index (χ0v) is 14.1. The minimum absolute atomic E-state index is 0.0815. The van der Waals surface area contributed by atoms with E-state index in [0.29, 0.717) is 5.56 Å². The monoisotopic (exact) mass is 384 g/mol. The second kappa shape index (κ2) is 8.07. The molecular weight excluding hydrogens is 368 g/mol. The van der Waals surface area contributed by atoms with E-state index in [2.05, 4.69) is 5.32 Å². The number of amides is 2. The zero-order chi connectivity index (χ0) is 20.2. The molecule has 144 valence electrons. The Morgan fingerprint density at radius 2 is 1.78 bits per heavy atom. The van der Waals surface area contributed by atoms with E-state index in [1.165, 1.54) is 31.2 Å². The van der Waals surface area contributed by atoms with Gasteiger partial charge in [-0.2, -0.15) is 13.2 Å². The highest BCUT2D eigenvalue weighted by molar-refractivity contribution is 5.97. The summed E-state index contributed by atoms with van der Waals surface area (Å²) in [6.45, 7) is 1.28. The molecule has 0 bridgehead atoms. The molecule has 2 amide bonds. The van der Waals surface area contributed by atoms with Crippen LogP contribution < -0.4 is 15.8 Å². The van der Waals surface area contributed by atoms with Crippen LogP contribution in [0.25, 0.3) is 0 Å². The summed E-state index contributed by atoms with van der Waals surface area (Å²) in [7, 11) is 0. The second-order valence-corrected chi connectivity index (χ2v) is 5.72. The van der Waals surface area contributed by atoms with Crippen molar-refractivity contribution in [3.63, 3.8) is 0 Å². The van der Waals surface area contributed by atoms with Gasteiger partial charge in [-0.3, -0.25) is 9.59 Å². The van der Waals surface area contributed by atoms with E-state index in [0.717, 1.165) is 18.2 Å². The summed E-state index contributed by atoms with van der Waals surface area (Å²) in [5.41, 5.74) is 4.40. The summed E-state index contributed by atoms with van der Waals surface area (Å²) < 4.78 is 56.9. The standard InChI is InChI=1S/C18H16F4N2O3/c1-10(16(23)25)24-17(26)14-7-6-13(8-15(14)19)27-9-11-2-4-12(5-3-11)18(20,21)22/h2-8,10H,9H2,1H3,(H2,23,25)(H,24,26). The van der Waals surface area contributed by atoms with Crippen LogP contribution in [0.15, 0.2) is 42.5 Å². The predicted octanol–water partition coefficient (Wildman–Crippen LogP) is 3.03. The Hall–Kier alpha value is -3.10. The van der Waals surface area contributed by atoms with E-state index in [4.69, 9.17) is 10.5 Å². The molecular formula is C18H16F4N2O3. The maximum atomic E-state index is 14.1. The molecule has 5 nitrogen and oxygen atoms in total. The Bertz CT molecular complexity index is 835. The molecule has 2 rings (SSSR count). The minimum atomic E-state index is -4.43. The highest BCUT2D eigenvalue weighted by atomic mass is 19.4. The summed E-state index contributed by atoms with van der Waals surface area (Å²) in [4.78, 5) is 22.8. The third-order valence-corrected chi connectivity index (χ3v) is 3.65. The van der Waals surface area contributed by atoms with Gasteiger partial charge in [0, 0.05) is 6.07 Å². The van der Waals surface area contributed by atoms with Gasteiger partial charge in [-0.1, -0.05) is 12.1 Å². The summed E-state index contributed by atoms with van der Waals surface area (Å²) in [5, 5.41) is 2.24. The number of hydrogen-bond acceptors (Lipinski definition) is 3. The van der Waals surface area contributed by atoms with Gasteiger partial charge in [0.25, 0.3) is 5.91 Å². The number of carbonyl (C=O) groups excluding carboxylic acids is 2. The molecule has 0 saturated heterocycles. The maximum Gasteiger partial charge on any atom is 0.416 e. The first-order chi connectivity index (χ1) is 12.6. The summed E-state index contributed by atoms with van der Waals surface area (Å²) in [6.07, 6.45) is -4.43. The van der Waals surface area contributed by atoms with Crippen molar-refractivity contribution in [3.05, 3.63) is 65.0 Å². The molecule has 0 heterocycles. The Morgan fingerprint density at radius 3 is 2.30 bits per heavy atom. The molecule has 2 aromatic carbocycles. The van der Waals surface area contributed by atoms with E-state index >= 15 is 0 Å². The van der Waals surface area contributed by atoms with Gasteiger partial charge < -0.3 is 15.8 Å². The smallest absolute Gasteiger partial charge is 0.416 e. The topological polar surface area (TPSA) is 81.4 Å². The van der Waals surface area contributed by atoms with Crippen LogP contribution in [0.4, 0.5) is 17.6 Å². The highest BCUT2D eigenvalue weighted by Crippen LogP contribution is 2.29. The summed E-state index contributed by atoms with van der Waals surface area (Å²) in [5.74, 6) is -2.37. The lowest BCUT2D eigenvalue weighted by atomic mass is 10.1. The number of alkyl halides is 3. The molecule has 3 N–H and O–H groups in total. The number of nitrogens with one attached hydrogen (secondary N) is 1. The Labute approximate surface area is 152 Å². The lowest BCUT2D eigenvalue weighted by molar-refractivity contribution is -0.137. The Kier molecular flexibility index (Phi) is 6.04. The van der Waals surface area contributed by atoms with Crippen molar-refractivity contribution < 1.29 is 31.9 Å². The molecule has 0 fully saturated rings. The van der Waals surface area contributed by atoms with Crippen LogP contribution in [0, 0.1) is 5.82 Å². The van der Waals surface area contributed by atoms with E-state index in [1.54, 1.807) is 0 Å². The summed E-state index contributed by atoms with van der Waals surface area (Å²) in [6, 6.07) is 6.86. The molecule has 0 spiro atoms. The zero-order valence-electron chi connectivity index (χ0n) is 14.1. The van der Waals surface area contributed by atoms with Crippen molar-refractivity contribution in [1.82, 2.24) is 5.32 Å². The van der Waals surface area contributed by atoms with E-state index in [9.17, 15) is 27.2 Å². The number of hydrogen-bond donors (Lipinski definition) is 2. The van der Waals surface area contributed by atoms with Crippen molar-refractivity contribution >= 4 is 11.8 Å². The largest absolute Gasteiger partial charge is 0.489 e. The predicted molar refractivity (Wildman–Crippen MR) is 88.3 cm³/mol. The molecule has 0 aliphatic carbocycles. The number of ether oxygens (including phenoxy) is 1. The van der Waals surface area contributed by atoms with Crippen LogP contribution in [-0.4, -0.2) is 17.9 Å². The van der Waals surface area contributed by atoms with Gasteiger partial charge >= 0.3 is 6.18 Å². The van der Waals surface area contributed by atoms with Crippen molar-refractivity contribution in [1.29, 1.82) is 0 Å². The van der Waals surface area contributed by atoms with Gasteiger partial charge in [-0.25, -0.2) is 4.39 Å². The molecule has 0 aromatic heterocycles. The fraction of sp³-hybridized carbons (Fsp3) is 0.222. The molecule has 27 heavy (non-hydrogen) atoms. The average molecular weight is 384 g/mol. The quantitative estimate of drug-likeness (QED) is 0.752. The first-order valence-electron chi connectivity index (χ1n) is 7.76. The Balaban J connectivity index is 2.01. The molecule has 9 heteroatoms. The van der Waals surface area contributed by atoms with Gasteiger partial charge in [0.2, 0.25) is 5.91 Å². The van der Waals surface area contributed by atoms with E-state index < -0.39 is 35.4 Å². The van der Waals surface area contributed by atoms with Gasteiger partial charge in [0.05, 0.1) is 11.1 Å². The van der Waals surface area contributed by atoms with E-state index in [1.807, 2.05) is 0 Å². The number of nitrogens with two attached hydrogens (primary N) is 1. The number of primary amides is 1. The van der Waals surface area contributed by atoms with Crippen LogP contribution in [0.5, 0.6) is 5.75 Å². The van der Waals surface area contributed by atoms with Crippen LogP contribution in [-0.2, 0) is 17.6 Å². The third kappa shape index (κ3) is 5.44. The second-order valence-electron chi connectivity index (χ2n) is 5.72. The molecule has 0 saturated carbocycles. The molecule has 0 aliphatic heterocycles. The fourth-order valence-electron chi connectivity index (χ4n) is 2.07. The lowest BCUT2D eigenvalue weighted by Gasteiger charge is -2.12. The van der Waals surface area contributed by atoms with Crippen molar-refractivity contribution in [3.8, 4) is 5.75 Å². The molecule has 1 unspecified atom stereocenters. The Morgan fingerprint density at radius 1 is 1.15 bits per heavy atom. The first-order valence-corrected chi connectivity index (χ1v) is 7.76. The molecule has 2 aromatic rings. The van der Waals surface area contributed by atoms with Crippen molar-refractivity contribution in [2.45, 2.75) is 25.7 Å². The third-order valence-electron chi connectivity index (χ3n) is 3.65. The van der Waals surface area contributed by atoms with Crippen molar-refractivity contribution in [2.24, 2.45) is 5.73 Å². The number of rotatable bonds is 6. The number of halogens is 4. The lowest BCUT2D eigenvalue weighted by Crippen LogP contribution is -2.42. The average Bonchev–Trinajstić information content (AvgIpc) is 2.59. The molecule has 1 atom stereocenters. The van der Waals surface area contributed by atoms with Crippen LogP contribution >= 0.6 is 0 Å². The maximum absolute atomic E-state index is 14.1. The minimum Gasteiger partial charge on any atom is -0.489 e. The fourth-order valence-corrected chi connectivity index (χ4v) is 2.07. The summed E-state index contributed by atoms with van der Waals surface area (Å²) >= 11 is 0. The normalized spacial score (nSPS) is 12.3. The van der Waals surface area contributed by atoms with Gasteiger partial charge in [0.15, 0.2) is 0 Å². The van der Waals surface area contributed by atoms with Crippen LogP contribution in [0.3, 0.4) is 0 Å². The van der Waals surface area contributed by atoms with Gasteiger partial charge in [-0.05, 0) is 36.8 Å². The van der Waals surface area contributed by atoms with Crippen LogP contribution in [0.2, 0.25) is 0 Å². The van der Waals surface area contributed by atoms with Gasteiger partial charge in [-0.15, -0.1) is 0 Å². The highest BCUT2D eigenvalue weighted by Gasteiger charge is 2.29. The number of carbonyl (C=O) groups is 2. The van der Waals surface area contributed by atoms with E-state index in [-0.39, 0.29) is 17.9 Å². The van der Waals surface area contributed by atoms with Crippen LogP contribution in [0.1, 0.15) is 28.4 Å². The molecule has 0 aliphatic rings. The first kappa shape index (κ1) is 20.2. The SMILES string of the molecule is CC(NC(=O)c1ccc(OCc2ccc(C(F)(F)F)cc2)cc1F)C(N)=O. The van der Waals surface area contributed by atoms with Gasteiger partial charge in [0.1, 0.15) is 24.2 Å². The number of benzene rings is 2.